The van der Waals surface area contributed by atoms with Crippen molar-refractivity contribution in [3.63, 3.8) is 0 Å². The van der Waals surface area contributed by atoms with Crippen LogP contribution >= 0.6 is 0 Å². The Balaban J connectivity index is 1.77. The number of nitriles is 1. The van der Waals surface area contributed by atoms with Crippen LogP contribution in [0.5, 0.6) is 5.75 Å². The van der Waals surface area contributed by atoms with Crippen LogP contribution in [0.2, 0.25) is 0 Å². The molecule has 0 saturated carbocycles. The summed E-state index contributed by atoms with van der Waals surface area (Å²) in [6, 6.07) is 18.3. The lowest BCUT2D eigenvalue weighted by molar-refractivity contribution is -0.122. The molecular weight excluding hydrogens is 276 g/mol. The monoisotopic (exact) mass is 290 g/mol. The fourth-order valence-electron chi connectivity index (χ4n) is 1.69. The number of nitrogens with one attached hydrogen (secondary N) is 1. The van der Waals surface area contributed by atoms with Crippen molar-refractivity contribution in [3.05, 3.63) is 65.7 Å². The molecule has 4 nitrogen and oxygen atoms in total. The van der Waals surface area contributed by atoms with Gasteiger partial charge in [-0.15, -0.1) is 0 Å². The van der Waals surface area contributed by atoms with Gasteiger partial charge in [0.1, 0.15) is 11.8 Å². The number of amides is 1. The van der Waals surface area contributed by atoms with Gasteiger partial charge in [-0.05, 0) is 24.3 Å². The van der Waals surface area contributed by atoms with Crippen molar-refractivity contribution >= 4 is 5.91 Å². The minimum atomic E-state index is -0.282. The van der Waals surface area contributed by atoms with E-state index in [0.717, 1.165) is 5.56 Å². The summed E-state index contributed by atoms with van der Waals surface area (Å²) in [7, 11) is 0. The number of hydrogen-bond donors (Lipinski definition) is 1. The summed E-state index contributed by atoms with van der Waals surface area (Å²) in [5, 5.41) is 11.6. The maximum atomic E-state index is 11.6. The summed E-state index contributed by atoms with van der Waals surface area (Å²) >= 11 is 0. The van der Waals surface area contributed by atoms with Crippen LogP contribution in [0.25, 0.3) is 0 Å². The second-order valence-corrected chi connectivity index (χ2v) is 4.34. The van der Waals surface area contributed by atoms with Crippen LogP contribution in [0.15, 0.2) is 54.6 Å². The summed E-state index contributed by atoms with van der Waals surface area (Å²) in [6.45, 7) is 0.0999. The van der Waals surface area contributed by atoms with Crippen LogP contribution in [0.3, 0.4) is 0 Å². The molecule has 1 N–H and O–H groups in total. The molecule has 0 aliphatic carbocycles. The number of ether oxygens (including phenoxy) is 1. The molecule has 0 spiro atoms. The molecule has 0 aliphatic rings. The molecule has 2 rings (SSSR count). The van der Waals surface area contributed by atoms with E-state index in [2.05, 4.69) is 17.2 Å². The van der Waals surface area contributed by atoms with Gasteiger partial charge in [-0.25, -0.2) is 0 Å². The predicted molar refractivity (Wildman–Crippen MR) is 83.0 cm³/mol. The third-order valence-corrected chi connectivity index (χ3v) is 2.75. The number of hydrogen-bond acceptors (Lipinski definition) is 3. The van der Waals surface area contributed by atoms with Gasteiger partial charge in [-0.1, -0.05) is 42.2 Å². The lowest BCUT2D eigenvalue weighted by Gasteiger charge is -2.06. The number of nitrogens with zero attached hydrogens (tertiary/aromatic N) is 1. The Morgan fingerprint density at radius 3 is 2.59 bits per heavy atom. The Hall–Kier alpha value is -3.24. The van der Waals surface area contributed by atoms with Gasteiger partial charge in [0, 0.05) is 5.56 Å². The van der Waals surface area contributed by atoms with Crippen LogP contribution in [0.4, 0.5) is 0 Å². The van der Waals surface area contributed by atoms with E-state index < -0.39 is 0 Å². The molecule has 0 saturated heterocycles. The largest absolute Gasteiger partial charge is 0.482 e. The molecule has 0 heterocycles. The van der Waals surface area contributed by atoms with Crippen LogP contribution in [-0.4, -0.2) is 19.1 Å². The third-order valence-electron chi connectivity index (χ3n) is 2.75. The second kappa shape index (κ2) is 8.14. The van der Waals surface area contributed by atoms with Crippen LogP contribution in [-0.2, 0) is 4.79 Å². The van der Waals surface area contributed by atoms with E-state index in [1.807, 2.05) is 36.4 Å². The van der Waals surface area contributed by atoms with Gasteiger partial charge in [0.25, 0.3) is 5.91 Å². The summed E-state index contributed by atoms with van der Waals surface area (Å²) in [5.41, 5.74) is 1.30. The first kappa shape index (κ1) is 15.2. The van der Waals surface area contributed by atoms with Crippen molar-refractivity contribution in [2.24, 2.45) is 0 Å². The Morgan fingerprint density at radius 2 is 1.82 bits per heavy atom. The molecule has 0 fully saturated rings. The fourth-order valence-corrected chi connectivity index (χ4v) is 1.69. The van der Waals surface area contributed by atoms with Gasteiger partial charge < -0.3 is 10.1 Å². The molecular formula is C18H14N2O2. The fraction of sp³-hybridized carbons (Fsp3) is 0.111. The van der Waals surface area contributed by atoms with E-state index in [0.29, 0.717) is 11.3 Å². The molecule has 0 bridgehead atoms. The Bertz CT molecular complexity index is 737. The molecule has 108 valence electrons. The van der Waals surface area contributed by atoms with Crippen LogP contribution < -0.4 is 10.1 Å². The van der Waals surface area contributed by atoms with Crippen molar-refractivity contribution in [3.8, 4) is 23.7 Å². The van der Waals surface area contributed by atoms with Crippen molar-refractivity contribution in [1.82, 2.24) is 5.32 Å². The molecule has 0 aliphatic heterocycles. The molecule has 0 radical (unpaired) electrons. The highest BCUT2D eigenvalue weighted by Crippen LogP contribution is 2.15. The Labute approximate surface area is 129 Å². The molecule has 4 heteroatoms. The van der Waals surface area contributed by atoms with E-state index in [4.69, 9.17) is 10.00 Å². The number of carbonyl (C=O) groups is 1. The van der Waals surface area contributed by atoms with Crippen molar-refractivity contribution < 1.29 is 9.53 Å². The number of carbonyl (C=O) groups excluding carboxylic acids is 1. The molecule has 0 atom stereocenters. The molecule has 0 aromatic heterocycles. The lowest BCUT2D eigenvalue weighted by Crippen LogP contribution is -2.29. The van der Waals surface area contributed by atoms with Crippen LogP contribution in [0.1, 0.15) is 11.1 Å². The van der Waals surface area contributed by atoms with Crippen molar-refractivity contribution in [2.75, 3.05) is 13.2 Å². The standard InChI is InChI=1S/C18H14N2O2/c19-13-16-10-4-5-11-17(16)22-14-18(21)20-12-6-9-15-7-2-1-3-8-15/h1-5,7-8,10-11H,12,14H2,(H,20,21). The van der Waals surface area contributed by atoms with Crippen molar-refractivity contribution in [1.29, 1.82) is 5.26 Å². The van der Waals surface area contributed by atoms with E-state index in [1.54, 1.807) is 24.3 Å². The van der Waals surface area contributed by atoms with Crippen LogP contribution in [0, 0.1) is 23.2 Å². The van der Waals surface area contributed by atoms with Gasteiger partial charge in [-0.2, -0.15) is 5.26 Å². The van der Waals surface area contributed by atoms with Gasteiger partial charge in [0.15, 0.2) is 6.61 Å². The SMILES string of the molecule is N#Cc1ccccc1OCC(=O)NCC#Cc1ccccc1. The first-order valence-corrected chi connectivity index (χ1v) is 6.72. The zero-order valence-electron chi connectivity index (χ0n) is 11.9. The quantitative estimate of drug-likeness (QED) is 0.877. The molecule has 22 heavy (non-hydrogen) atoms. The highest BCUT2D eigenvalue weighted by molar-refractivity contribution is 5.77. The maximum absolute atomic E-state index is 11.6. The van der Waals surface area contributed by atoms with E-state index in [1.165, 1.54) is 0 Å². The number of rotatable bonds is 4. The van der Waals surface area contributed by atoms with Gasteiger partial charge in [0.2, 0.25) is 0 Å². The zero-order valence-corrected chi connectivity index (χ0v) is 11.9. The van der Waals surface area contributed by atoms with E-state index in [9.17, 15) is 4.79 Å². The Kier molecular flexibility index (Phi) is 5.61. The highest BCUT2D eigenvalue weighted by Gasteiger charge is 2.05. The van der Waals surface area contributed by atoms with Gasteiger partial charge in [-0.3, -0.25) is 4.79 Å². The first-order chi connectivity index (χ1) is 10.8. The normalized spacial score (nSPS) is 9.05. The van der Waals surface area contributed by atoms with Gasteiger partial charge in [0.05, 0.1) is 12.1 Å². The van der Waals surface area contributed by atoms with E-state index in [-0.39, 0.29) is 19.1 Å². The average Bonchev–Trinajstić information content (AvgIpc) is 2.58. The minimum absolute atomic E-state index is 0.147. The number of para-hydroxylation sites is 1. The number of benzene rings is 2. The second-order valence-electron chi connectivity index (χ2n) is 4.34. The molecule has 1 amide bonds. The summed E-state index contributed by atoms with van der Waals surface area (Å²) < 4.78 is 5.32. The smallest absolute Gasteiger partial charge is 0.258 e. The van der Waals surface area contributed by atoms with E-state index >= 15 is 0 Å². The van der Waals surface area contributed by atoms with Crippen molar-refractivity contribution in [2.45, 2.75) is 0 Å². The highest BCUT2D eigenvalue weighted by atomic mass is 16.5. The molecule has 2 aromatic rings. The Morgan fingerprint density at radius 1 is 1.09 bits per heavy atom. The maximum Gasteiger partial charge on any atom is 0.258 e. The average molecular weight is 290 g/mol. The lowest BCUT2D eigenvalue weighted by atomic mass is 10.2. The molecule has 2 aromatic carbocycles. The third kappa shape index (κ3) is 4.70. The molecule has 0 unspecified atom stereocenters. The summed E-state index contributed by atoms with van der Waals surface area (Å²) in [6.07, 6.45) is 0. The first-order valence-electron chi connectivity index (χ1n) is 6.72. The topological polar surface area (TPSA) is 62.1 Å². The zero-order chi connectivity index (χ0) is 15.6. The van der Waals surface area contributed by atoms with Gasteiger partial charge >= 0.3 is 0 Å². The minimum Gasteiger partial charge on any atom is -0.482 e. The predicted octanol–water partition coefficient (Wildman–Crippen LogP) is 2.10. The summed E-state index contributed by atoms with van der Waals surface area (Å²) in [4.78, 5) is 11.6. The summed E-state index contributed by atoms with van der Waals surface area (Å²) in [5.74, 6) is 5.92.